The molecule has 1 aliphatic heterocycles. The number of aliphatic hydroxyl groups is 1. The molecule has 0 amide bonds. The molecule has 0 aromatic rings. The van der Waals surface area contributed by atoms with Gasteiger partial charge < -0.3 is 19.3 Å². The maximum Gasteiger partial charge on any atom is 0.508 e. The molecule has 5 nitrogen and oxygen atoms in total. The Hall–Kier alpha value is -0.745. The van der Waals surface area contributed by atoms with Crippen LogP contribution in [0.15, 0.2) is 0 Å². The minimum Gasteiger partial charge on any atom is -0.430 e. The van der Waals surface area contributed by atoms with Crippen molar-refractivity contribution >= 4 is 14.0 Å². The van der Waals surface area contributed by atoms with E-state index in [0.29, 0.717) is 0 Å². The molecule has 1 heterocycles. The minimum atomic E-state index is -0.737. The fraction of sp³-hybridized carbons (Fsp3) is 0.833. The van der Waals surface area contributed by atoms with Gasteiger partial charge in [0.15, 0.2) is 6.10 Å². The highest BCUT2D eigenvalue weighted by molar-refractivity contribution is 6.08. The van der Waals surface area contributed by atoms with Crippen molar-refractivity contribution in [2.75, 3.05) is 19.7 Å². The summed E-state index contributed by atoms with van der Waals surface area (Å²) in [5.41, 5.74) is 0. The zero-order valence-corrected chi connectivity index (χ0v) is 6.43. The van der Waals surface area contributed by atoms with Gasteiger partial charge >= 0.3 is 6.16 Å². The first-order valence-electron chi connectivity index (χ1n) is 3.54. The number of ether oxygens (including phenoxy) is 3. The molecular weight excluding hydrogens is 163 g/mol. The van der Waals surface area contributed by atoms with Crippen LogP contribution in [0.3, 0.4) is 0 Å². The van der Waals surface area contributed by atoms with Crippen LogP contribution in [-0.4, -0.2) is 51.0 Å². The molecule has 2 radical (unpaired) electrons. The van der Waals surface area contributed by atoms with Crippen LogP contribution in [0.2, 0.25) is 0 Å². The first kappa shape index (κ1) is 9.34. The number of hydrogen-bond donors (Lipinski definition) is 1. The second-order valence-electron chi connectivity index (χ2n) is 2.27. The number of cyclic esters (lactones) is 2. The predicted octanol–water partition coefficient (Wildman–Crippen LogP) is -0.975. The molecule has 1 N–H and O–H groups in total. The van der Waals surface area contributed by atoms with Crippen LogP contribution in [0.25, 0.3) is 0 Å². The lowest BCUT2D eigenvalue weighted by atomic mass is 10.2. The van der Waals surface area contributed by atoms with E-state index in [4.69, 9.17) is 17.7 Å². The number of aliphatic hydroxyl groups excluding tert-OH is 1. The molecule has 0 unspecified atom stereocenters. The van der Waals surface area contributed by atoms with Gasteiger partial charge in [-0.25, -0.2) is 4.79 Å². The summed E-state index contributed by atoms with van der Waals surface area (Å²) >= 11 is 0. The van der Waals surface area contributed by atoms with Crippen molar-refractivity contribution in [3.05, 3.63) is 0 Å². The monoisotopic (exact) mass is 172 g/mol. The molecule has 2 atom stereocenters. The largest absolute Gasteiger partial charge is 0.508 e. The Labute approximate surface area is 71.0 Å². The summed E-state index contributed by atoms with van der Waals surface area (Å²) in [5, 5.41) is 8.78. The SMILES string of the molecule is [B]CO[C@H](CO)[C@H]1COC(=O)O1. The summed E-state index contributed by atoms with van der Waals surface area (Å²) in [6.45, 7) is -0.179. The summed E-state index contributed by atoms with van der Waals surface area (Å²) in [4.78, 5) is 10.5. The van der Waals surface area contributed by atoms with Crippen LogP contribution in [0.5, 0.6) is 0 Å². The molecule has 1 saturated heterocycles. The molecule has 1 rings (SSSR count). The average Bonchev–Trinajstić information content (AvgIpc) is 2.47. The predicted molar refractivity (Wildman–Crippen MR) is 38.8 cm³/mol. The maximum atomic E-state index is 10.5. The zero-order valence-electron chi connectivity index (χ0n) is 6.43. The van der Waals surface area contributed by atoms with Crippen LogP contribution < -0.4 is 0 Å². The Kier molecular flexibility index (Phi) is 3.37. The second-order valence-corrected chi connectivity index (χ2v) is 2.27. The van der Waals surface area contributed by atoms with Gasteiger partial charge in [-0.15, -0.1) is 0 Å². The Morgan fingerprint density at radius 2 is 2.58 bits per heavy atom. The van der Waals surface area contributed by atoms with E-state index in [9.17, 15) is 4.79 Å². The van der Waals surface area contributed by atoms with E-state index in [1.54, 1.807) is 0 Å². The highest BCUT2D eigenvalue weighted by Gasteiger charge is 2.32. The van der Waals surface area contributed by atoms with Crippen molar-refractivity contribution in [3.8, 4) is 0 Å². The fourth-order valence-corrected chi connectivity index (χ4v) is 0.926. The van der Waals surface area contributed by atoms with Crippen molar-refractivity contribution in [3.63, 3.8) is 0 Å². The Balaban J connectivity index is 2.38. The summed E-state index contributed by atoms with van der Waals surface area (Å²) in [7, 11) is 5.09. The lowest BCUT2D eigenvalue weighted by Crippen LogP contribution is -2.34. The fourth-order valence-electron chi connectivity index (χ4n) is 0.926. The van der Waals surface area contributed by atoms with E-state index >= 15 is 0 Å². The lowest BCUT2D eigenvalue weighted by molar-refractivity contribution is -0.0364. The molecule has 6 heteroatoms. The quantitative estimate of drug-likeness (QED) is 0.436. The summed E-state index contributed by atoms with van der Waals surface area (Å²) in [6, 6.07) is 0. The summed E-state index contributed by atoms with van der Waals surface area (Å²) < 4.78 is 14.1. The molecule has 0 bridgehead atoms. The molecule has 1 fully saturated rings. The Morgan fingerprint density at radius 3 is 3.00 bits per heavy atom. The van der Waals surface area contributed by atoms with Gasteiger partial charge in [0.1, 0.15) is 20.6 Å². The minimum absolute atomic E-state index is 0.0285. The van der Waals surface area contributed by atoms with E-state index in [1.807, 2.05) is 0 Å². The van der Waals surface area contributed by atoms with E-state index < -0.39 is 18.4 Å². The van der Waals surface area contributed by atoms with E-state index in [2.05, 4.69) is 9.47 Å². The van der Waals surface area contributed by atoms with Crippen LogP contribution in [0.4, 0.5) is 4.79 Å². The topological polar surface area (TPSA) is 65.0 Å². The summed E-state index contributed by atoms with van der Waals surface area (Å²) in [6.07, 6.45) is -1.88. The van der Waals surface area contributed by atoms with Gasteiger partial charge in [0.05, 0.1) is 6.61 Å². The Morgan fingerprint density at radius 1 is 1.83 bits per heavy atom. The van der Waals surface area contributed by atoms with Crippen LogP contribution >= 0.6 is 0 Å². The third-order valence-electron chi connectivity index (χ3n) is 1.52. The average molecular weight is 172 g/mol. The highest BCUT2D eigenvalue weighted by Crippen LogP contribution is 2.12. The Bertz CT molecular complexity index is 162. The van der Waals surface area contributed by atoms with E-state index in [1.165, 1.54) is 0 Å². The number of hydrogen-bond acceptors (Lipinski definition) is 5. The van der Waals surface area contributed by atoms with Gasteiger partial charge in [0.25, 0.3) is 0 Å². The molecule has 12 heavy (non-hydrogen) atoms. The lowest BCUT2D eigenvalue weighted by Gasteiger charge is -2.17. The molecule has 0 spiro atoms. The van der Waals surface area contributed by atoms with Gasteiger partial charge in [0.2, 0.25) is 0 Å². The second kappa shape index (κ2) is 4.32. The van der Waals surface area contributed by atoms with Gasteiger partial charge in [-0.3, -0.25) is 0 Å². The summed E-state index contributed by atoms with van der Waals surface area (Å²) in [5.74, 6) is 0. The first-order chi connectivity index (χ1) is 5.77. The number of carbonyl (C=O) groups is 1. The van der Waals surface area contributed by atoms with Gasteiger partial charge in [0, 0.05) is 6.51 Å². The van der Waals surface area contributed by atoms with E-state index in [0.717, 1.165) is 0 Å². The molecule has 0 aromatic heterocycles. The maximum absolute atomic E-state index is 10.5. The van der Waals surface area contributed by atoms with Crippen molar-refractivity contribution in [1.82, 2.24) is 0 Å². The van der Waals surface area contributed by atoms with Gasteiger partial charge in [-0.2, -0.15) is 0 Å². The van der Waals surface area contributed by atoms with Crippen LogP contribution in [0, 0.1) is 0 Å². The van der Waals surface area contributed by atoms with Crippen molar-refractivity contribution in [1.29, 1.82) is 0 Å². The smallest absolute Gasteiger partial charge is 0.430 e. The number of rotatable bonds is 4. The standard InChI is InChI=1S/C6H9BO5/c7-3-11-4(1-8)5-2-10-6(9)12-5/h4-5,8H,1-3H2/t4-,5-/m1/s1. The molecule has 0 aliphatic carbocycles. The first-order valence-corrected chi connectivity index (χ1v) is 3.54. The van der Waals surface area contributed by atoms with Crippen LogP contribution in [0.1, 0.15) is 0 Å². The molecule has 1 aliphatic rings. The zero-order chi connectivity index (χ0) is 8.97. The molecule has 66 valence electrons. The van der Waals surface area contributed by atoms with Crippen LogP contribution in [-0.2, 0) is 14.2 Å². The molecular formula is C6H9BO5. The highest BCUT2D eigenvalue weighted by atomic mass is 16.8. The third kappa shape index (κ3) is 2.12. The molecule has 0 saturated carbocycles. The van der Waals surface area contributed by atoms with E-state index in [-0.39, 0.29) is 19.7 Å². The van der Waals surface area contributed by atoms with Crippen molar-refractivity contribution in [2.45, 2.75) is 12.2 Å². The van der Waals surface area contributed by atoms with Crippen molar-refractivity contribution < 1.29 is 24.1 Å². The molecule has 0 aromatic carbocycles. The van der Waals surface area contributed by atoms with Gasteiger partial charge in [-0.1, -0.05) is 0 Å². The van der Waals surface area contributed by atoms with Gasteiger partial charge in [-0.05, 0) is 0 Å². The third-order valence-corrected chi connectivity index (χ3v) is 1.52. The normalized spacial score (nSPS) is 24.8. The van der Waals surface area contributed by atoms with Crippen molar-refractivity contribution in [2.24, 2.45) is 0 Å². The number of carbonyl (C=O) groups excluding carboxylic acids is 1.